The maximum absolute atomic E-state index is 12.5. The fourth-order valence-electron chi connectivity index (χ4n) is 3.76. The summed E-state index contributed by atoms with van der Waals surface area (Å²) in [6.07, 6.45) is 2.55. The van der Waals surface area contributed by atoms with E-state index in [9.17, 15) is 9.90 Å². The predicted octanol–water partition coefficient (Wildman–Crippen LogP) is 5.49. The molecule has 0 fully saturated rings. The van der Waals surface area contributed by atoms with E-state index in [-0.39, 0.29) is 16.6 Å². The number of aromatic hydroxyl groups is 1. The molecule has 1 N–H and O–H groups in total. The lowest BCUT2D eigenvalue weighted by atomic mass is 10.0. The second-order valence-corrected chi connectivity index (χ2v) is 10.8. The van der Waals surface area contributed by atoms with E-state index >= 15 is 0 Å². The van der Waals surface area contributed by atoms with Gasteiger partial charge in [-0.3, -0.25) is 9.39 Å². The van der Waals surface area contributed by atoms with E-state index in [1.807, 2.05) is 11.6 Å². The number of fused-ring (bicyclic) bond motifs is 1. The monoisotopic (exact) mass is 483 g/mol. The summed E-state index contributed by atoms with van der Waals surface area (Å²) < 4.78 is 7.39. The van der Waals surface area contributed by atoms with E-state index in [0.29, 0.717) is 24.4 Å². The summed E-state index contributed by atoms with van der Waals surface area (Å²) in [6.45, 7) is 4.30. The molecule has 0 saturated heterocycles. The van der Waals surface area contributed by atoms with Gasteiger partial charge in [0.1, 0.15) is 22.1 Å². The number of nitrogens with zero attached hydrogens (tertiary/aromatic N) is 3. The highest BCUT2D eigenvalue weighted by Crippen LogP contribution is 2.43. The Balaban J connectivity index is 1.55. The number of thioether (sulfide) groups is 1. The molecular weight excluding hydrogens is 462 g/mol. The van der Waals surface area contributed by atoms with Gasteiger partial charge in [-0.05, 0) is 26.0 Å². The molecular formula is C23H21N3O3S3. The maximum Gasteiger partial charge on any atom is 0.348 e. The smallest absolute Gasteiger partial charge is 0.348 e. The highest BCUT2D eigenvalue weighted by Gasteiger charge is 2.29. The molecule has 0 spiro atoms. The third-order valence-corrected chi connectivity index (χ3v) is 8.21. The Labute approximate surface area is 197 Å². The minimum atomic E-state index is -0.546. The van der Waals surface area contributed by atoms with Crippen LogP contribution in [-0.2, 0) is 0 Å². The molecule has 0 saturated carbocycles. The van der Waals surface area contributed by atoms with Gasteiger partial charge < -0.3 is 9.52 Å². The Morgan fingerprint density at radius 3 is 2.84 bits per heavy atom. The molecule has 1 unspecified atom stereocenters. The van der Waals surface area contributed by atoms with Crippen molar-refractivity contribution in [2.24, 2.45) is 4.99 Å². The quantitative estimate of drug-likeness (QED) is 0.413. The van der Waals surface area contributed by atoms with Crippen LogP contribution in [0.5, 0.6) is 5.75 Å². The van der Waals surface area contributed by atoms with Gasteiger partial charge in [-0.25, -0.2) is 9.78 Å². The van der Waals surface area contributed by atoms with Gasteiger partial charge in [0.05, 0.1) is 16.7 Å². The molecule has 9 heteroatoms. The normalized spacial score (nSPS) is 16.8. The lowest BCUT2D eigenvalue weighted by Gasteiger charge is -2.16. The number of hydrogen-bond acceptors (Lipinski definition) is 8. The zero-order valence-corrected chi connectivity index (χ0v) is 20.0. The zero-order chi connectivity index (χ0) is 22.2. The van der Waals surface area contributed by atoms with Crippen LogP contribution in [-0.4, -0.2) is 32.5 Å². The second kappa shape index (κ2) is 8.80. The van der Waals surface area contributed by atoms with Gasteiger partial charge in [0, 0.05) is 41.3 Å². The Morgan fingerprint density at radius 2 is 2.06 bits per heavy atom. The SMILES string of the molecule is Cc1ccc(Sc2nc3sccn3c2C2CC(c3c(O)cc(C)oc3=O)=NCCS2)cc1. The summed E-state index contributed by atoms with van der Waals surface area (Å²) in [5, 5.41) is 13.5. The van der Waals surface area contributed by atoms with Crippen molar-refractivity contribution in [2.75, 3.05) is 12.3 Å². The number of benzene rings is 1. The lowest BCUT2D eigenvalue weighted by Crippen LogP contribution is -2.17. The summed E-state index contributed by atoms with van der Waals surface area (Å²) in [5.74, 6) is 1.12. The predicted molar refractivity (Wildman–Crippen MR) is 131 cm³/mol. The molecule has 32 heavy (non-hydrogen) atoms. The number of aromatic nitrogens is 2. The minimum Gasteiger partial charge on any atom is -0.507 e. The first-order valence-electron chi connectivity index (χ1n) is 10.2. The van der Waals surface area contributed by atoms with Crippen molar-refractivity contribution in [1.82, 2.24) is 9.38 Å². The summed E-state index contributed by atoms with van der Waals surface area (Å²) in [4.78, 5) is 24.1. The van der Waals surface area contributed by atoms with Crippen LogP contribution >= 0.6 is 34.9 Å². The van der Waals surface area contributed by atoms with Crippen LogP contribution < -0.4 is 5.63 Å². The van der Waals surface area contributed by atoms with Crippen molar-refractivity contribution in [3.63, 3.8) is 0 Å². The summed E-state index contributed by atoms with van der Waals surface area (Å²) in [5.41, 5.74) is 2.53. The van der Waals surface area contributed by atoms with Crippen LogP contribution in [0.1, 0.15) is 34.3 Å². The van der Waals surface area contributed by atoms with Crippen molar-refractivity contribution < 1.29 is 9.52 Å². The average molecular weight is 484 g/mol. The third kappa shape index (κ3) is 4.12. The molecule has 1 atom stereocenters. The minimum absolute atomic E-state index is 0.0360. The Kier molecular flexibility index (Phi) is 5.88. The van der Waals surface area contributed by atoms with Crippen LogP contribution in [0, 0.1) is 13.8 Å². The van der Waals surface area contributed by atoms with Crippen molar-refractivity contribution in [1.29, 1.82) is 0 Å². The maximum atomic E-state index is 12.5. The van der Waals surface area contributed by atoms with Crippen LogP contribution in [0.15, 0.2) is 66.0 Å². The first-order chi connectivity index (χ1) is 15.5. The summed E-state index contributed by atoms with van der Waals surface area (Å²) >= 11 is 5.06. The van der Waals surface area contributed by atoms with Gasteiger partial charge in [0.2, 0.25) is 0 Å². The molecule has 4 heterocycles. The Bertz CT molecular complexity index is 1370. The molecule has 1 aliphatic rings. The van der Waals surface area contributed by atoms with Gasteiger partial charge >= 0.3 is 5.63 Å². The first-order valence-corrected chi connectivity index (χ1v) is 12.9. The van der Waals surface area contributed by atoms with Gasteiger partial charge in [-0.15, -0.1) is 23.1 Å². The second-order valence-electron chi connectivity index (χ2n) is 7.57. The van der Waals surface area contributed by atoms with Crippen LogP contribution in [0.2, 0.25) is 0 Å². The molecule has 1 aromatic carbocycles. The van der Waals surface area contributed by atoms with Crippen molar-refractivity contribution >= 4 is 45.5 Å². The third-order valence-electron chi connectivity index (χ3n) is 5.24. The average Bonchev–Trinajstić information content (AvgIpc) is 3.23. The van der Waals surface area contributed by atoms with E-state index < -0.39 is 5.63 Å². The number of rotatable bonds is 4. The summed E-state index contributed by atoms with van der Waals surface area (Å²) in [6, 6.07) is 9.90. The number of aliphatic imine (C=N–C) groups is 1. The van der Waals surface area contributed by atoms with Crippen LogP contribution in [0.3, 0.4) is 0 Å². The molecule has 0 bridgehead atoms. The summed E-state index contributed by atoms with van der Waals surface area (Å²) in [7, 11) is 0. The van der Waals surface area contributed by atoms with Crippen molar-refractivity contribution in [3.8, 4) is 5.75 Å². The molecule has 0 amide bonds. The first kappa shape index (κ1) is 21.4. The number of thiazole rings is 1. The number of aryl methyl sites for hydroxylation is 2. The number of imidazole rings is 1. The largest absolute Gasteiger partial charge is 0.507 e. The van der Waals surface area contributed by atoms with Crippen molar-refractivity contribution in [3.05, 3.63) is 74.9 Å². The number of hydrogen-bond donors (Lipinski definition) is 1. The Morgan fingerprint density at radius 1 is 1.25 bits per heavy atom. The van der Waals surface area contributed by atoms with Gasteiger partial charge in [0.15, 0.2) is 4.96 Å². The standard InChI is InChI=1S/C23H21N3O3S3/c1-13-3-5-15(6-4-13)32-21-20(26-8-10-31-23(26)25-21)18-12-16(24-7-9-30-18)19-17(27)11-14(2)29-22(19)28/h3-6,8,10-11,18,27H,7,9,12H2,1-2H3. The highest BCUT2D eigenvalue weighted by atomic mass is 32.2. The fraction of sp³-hybridized carbons (Fsp3) is 0.261. The molecule has 3 aromatic heterocycles. The van der Waals surface area contributed by atoms with E-state index in [1.165, 1.54) is 11.6 Å². The molecule has 1 aliphatic heterocycles. The molecule has 0 aliphatic carbocycles. The zero-order valence-electron chi connectivity index (χ0n) is 17.6. The molecule has 6 nitrogen and oxygen atoms in total. The van der Waals surface area contributed by atoms with Crippen LogP contribution in [0.25, 0.3) is 4.96 Å². The van der Waals surface area contributed by atoms with Crippen LogP contribution in [0.4, 0.5) is 0 Å². The molecule has 164 valence electrons. The molecule has 4 aromatic rings. The lowest BCUT2D eigenvalue weighted by molar-refractivity contribution is 0.432. The highest BCUT2D eigenvalue weighted by molar-refractivity contribution is 8.00. The van der Waals surface area contributed by atoms with E-state index in [1.54, 1.807) is 41.8 Å². The molecule has 0 radical (unpaired) electrons. The van der Waals surface area contributed by atoms with Gasteiger partial charge in [0.25, 0.3) is 0 Å². The fourth-order valence-corrected chi connectivity index (χ4v) is 6.73. The Hall–Kier alpha value is -2.49. The molecule has 5 rings (SSSR count). The van der Waals surface area contributed by atoms with Crippen molar-refractivity contribution in [2.45, 2.75) is 35.4 Å². The van der Waals surface area contributed by atoms with Gasteiger partial charge in [-0.2, -0.15) is 0 Å². The topological polar surface area (TPSA) is 80.1 Å². The van der Waals surface area contributed by atoms with E-state index in [0.717, 1.165) is 26.3 Å². The van der Waals surface area contributed by atoms with Gasteiger partial charge in [-0.1, -0.05) is 29.5 Å². The van der Waals surface area contributed by atoms with E-state index in [4.69, 9.17) is 9.40 Å². The van der Waals surface area contributed by atoms with E-state index in [2.05, 4.69) is 40.6 Å².